The lowest BCUT2D eigenvalue weighted by atomic mass is 10.2. The van der Waals surface area contributed by atoms with Gasteiger partial charge in [-0.1, -0.05) is 13.0 Å². The number of nitrogens with one attached hydrogen (secondary N) is 1. The minimum atomic E-state index is -0.623. The van der Waals surface area contributed by atoms with E-state index in [0.29, 0.717) is 23.8 Å². The lowest BCUT2D eigenvalue weighted by molar-refractivity contribution is -0.119. The summed E-state index contributed by atoms with van der Waals surface area (Å²) < 4.78 is 17.2. The van der Waals surface area contributed by atoms with Crippen LogP contribution in [0, 0.1) is 6.92 Å². The van der Waals surface area contributed by atoms with Crippen molar-refractivity contribution in [2.75, 3.05) is 25.6 Å². The molecule has 4 aromatic rings. The number of benzene rings is 3. The lowest BCUT2D eigenvalue weighted by Crippen LogP contribution is -2.21. The van der Waals surface area contributed by atoms with Gasteiger partial charge in [-0.2, -0.15) is 0 Å². The van der Waals surface area contributed by atoms with E-state index in [9.17, 15) is 9.59 Å². The van der Waals surface area contributed by atoms with Crippen LogP contribution in [-0.4, -0.2) is 37.2 Å². The van der Waals surface area contributed by atoms with Crippen molar-refractivity contribution in [3.63, 3.8) is 0 Å². The molecule has 8 heteroatoms. The molecule has 7 nitrogen and oxygen atoms in total. The number of carbonyl (C=O) groups excluding carboxylic acids is 2. The van der Waals surface area contributed by atoms with Crippen LogP contribution in [0.3, 0.4) is 0 Å². The molecule has 35 heavy (non-hydrogen) atoms. The molecule has 180 valence electrons. The van der Waals surface area contributed by atoms with Crippen LogP contribution in [0.1, 0.15) is 29.3 Å². The summed E-state index contributed by atoms with van der Waals surface area (Å²) in [6.45, 7) is 4.19. The molecule has 0 saturated heterocycles. The molecule has 1 amide bonds. The lowest BCUT2D eigenvalue weighted by Gasteiger charge is -2.11. The van der Waals surface area contributed by atoms with Gasteiger partial charge >= 0.3 is 5.97 Å². The van der Waals surface area contributed by atoms with Crippen LogP contribution >= 0.6 is 11.3 Å². The average molecular weight is 491 g/mol. The zero-order chi connectivity index (χ0) is 24.8. The van der Waals surface area contributed by atoms with E-state index in [1.165, 1.54) is 18.7 Å². The highest BCUT2D eigenvalue weighted by atomic mass is 32.1. The van der Waals surface area contributed by atoms with Gasteiger partial charge < -0.3 is 19.5 Å². The van der Waals surface area contributed by atoms with Crippen molar-refractivity contribution in [1.29, 1.82) is 0 Å². The predicted molar refractivity (Wildman–Crippen MR) is 137 cm³/mol. The molecular formula is C27H26N2O5S. The smallest absolute Gasteiger partial charge is 0.338 e. The van der Waals surface area contributed by atoms with Crippen LogP contribution in [-0.2, 0) is 9.53 Å². The number of rotatable bonds is 9. The number of amides is 1. The molecule has 3 aromatic carbocycles. The number of esters is 1. The zero-order valence-corrected chi connectivity index (χ0v) is 20.6. The summed E-state index contributed by atoms with van der Waals surface area (Å²) in [5.74, 6) is -0.0768. The number of aryl methyl sites for hydroxylation is 1. The molecule has 4 rings (SSSR count). The van der Waals surface area contributed by atoms with Gasteiger partial charge in [0.1, 0.15) is 5.01 Å². The summed E-state index contributed by atoms with van der Waals surface area (Å²) in [4.78, 5) is 29.4. The Balaban J connectivity index is 1.33. The SMILES string of the molecule is CCCOc1ccc(C(=O)OCC(=O)Nc2ccc(-c3nc4ccc(C)cc4s3)cc2)cc1OC. The van der Waals surface area contributed by atoms with Crippen molar-refractivity contribution in [3.8, 4) is 22.1 Å². The van der Waals surface area contributed by atoms with Crippen molar-refractivity contribution < 1.29 is 23.8 Å². The Morgan fingerprint density at radius 2 is 1.80 bits per heavy atom. The monoisotopic (exact) mass is 490 g/mol. The maximum absolute atomic E-state index is 12.4. The largest absolute Gasteiger partial charge is 0.493 e. The topological polar surface area (TPSA) is 86.8 Å². The van der Waals surface area contributed by atoms with Gasteiger partial charge in [0, 0.05) is 11.3 Å². The maximum Gasteiger partial charge on any atom is 0.338 e. The van der Waals surface area contributed by atoms with E-state index in [0.717, 1.165) is 27.2 Å². The molecule has 1 N–H and O–H groups in total. The van der Waals surface area contributed by atoms with Crippen molar-refractivity contribution in [2.45, 2.75) is 20.3 Å². The van der Waals surface area contributed by atoms with E-state index in [-0.39, 0.29) is 5.56 Å². The fourth-order valence-electron chi connectivity index (χ4n) is 3.39. The van der Waals surface area contributed by atoms with Crippen LogP contribution in [0.4, 0.5) is 5.69 Å². The molecule has 0 saturated carbocycles. The van der Waals surface area contributed by atoms with Crippen LogP contribution in [0.2, 0.25) is 0 Å². The summed E-state index contributed by atoms with van der Waals surface area (Å²) in [6, 6.07) is 18.4. The summed E-state index contributed by atoms with van der Waals surface area (Å²) in [5.41, 5.74) is 4.01. The van der Waals surface area contributed by atoms with E-state index in [1.54, 1.807) is 35.6 Å². The number of carbonyl (C=O) groups is 2. The Labute approximate surface area is 207 Å². The summed E-state index contributed by atoms with van der Waals surface area (Å²) >= 11 is 1.63. The van der Waals surface area contributed by atoms with E-state index in [1.807, 2.05) is 31.2 Å². The standard InChI is InChI=1S/C27H26N2O5S/c1-4-13-33-22-12-8-19(15-23(22)32-3)27(31)34-16-25(30)28-20-9-6-18(7-10-20)26-29-21-11-5-17(2)14-24(21)35-26/h5-12,14-15H,4,13,16H2,1-3H3,(H,28,30). The first-order valence-corrected chi connectivity index (χ1v) is 12.0. The second kappa shape index (κ2) is 11.0. The first-order valence-electron chi connectivity index (χ1n) is 11.2. The zero-order valence-electron chi connectivity index (χ0n) is 19.8. The Kier molecular flexibility index (Phi) is 7.62. The number of thiazole rings is 1. The Morgan fingerprint density at radius 3 is 2.54 bits per heavy atom. The average Bonchev–Trinajstić information content (AvgIpc) is 3.29. The second-order valence-corrected chi connectivity index (χ2v) is 8.94. The number of hydrogen-bond donors (Lipinski definition) is 1. The molecule has 0 fully saturated rings. The number of anilines is 1. The second-order valence-electron chi connectivity index (χ2n) is 7.91. The molecule has 0 bridgehead atoms. The molecule has 1 heterocycles. The molecule has 0 radical (unpaired) electrons. The first kappa shape index (κ1) is 24.2. The summed E-state index contributed by atoms with van der Waals surface area (Å²) in [5, 5.41) is 3.65. The summed E-state index contributed by atoms with van der Waals surface area (Å²) in [7, 11) is 1.50. The van der Waals surface area contributed by atoms with Gasteiger partial charge in [-0.3, -0.25) is 4.79 Å². The fourth-order valence-corrected chi connectivity index (χ4v) is 4.46. The Morgan fingerprint density at radius 1 is 1.00 bits per heavy atom. The predicted octanol–water partition coefficient (Wildman–Crippen LogP) is 5.86. The fraction of sp³-hybridized carbons (Fsp3) is 0.222. The van der Waals surface area contributed by atoms with Crippen LogP contribution in [0.15, 0.2) is 60.7 Å². The number of methoxy groups -OCH3 is 1. The van der Waals surface area contributed by atoms with Gasteiger partial charge in [-0.15, -0.1) is 11.3 Å². The minimum absolute atomic E-state index is 0.272. The summed E-state index contributed by atoms with van der Waals surface area (Å²) in [6.07, 6.45) is 0.854. The van der Waals surface area contributed by atoms with Crippen molar-refractivity contribution in [3.05, 3.63) is 71.8 Å². The highest BCUT2D eigenvalue weighted by Crippen LogP contribution is 2.31. The molecule has 1 aromatic heterocycles. The highest BCUT2D eigenvalue weighted by molar-refractivity contribution is 7.21. The number of aromatic nitrogens is 1. The minimum Gasteiger partial charge on any atom is -0.493 e. The quantitative estimate of drug-likeness (QED) is 0.296. The van der Waals surface area contributed by atoms with Gasteiger partial charge in [0.2, 0.25) is 0 Å². The Bertz CT molecular complexity index is 1350. The number of nitrogens with zero attached hydrogens (tertiary/aromatic N) is 1. The van der Waals surface area contributed by atoms with Gasteiger partial charge in [0.25, 0.3) is 5.91 Å². The molecule has 0 atom stereocenters. The van der Waals surface area contributed by atoms with Gasteiger partial charge in [-0.05, 0) is 73.5 Å². The maximum atomic E-state index is 12.4. The van der Waals surface area contributed by atoms with Gasteiger partial charge in [0.15, 0.2) is 18.1 Å². The Hall–Kier alpha value is -3.91. The molecule has 0 aliphatic carbocycles. The molecular weight excluding hydrogens is 464 g/mol. The number of fused-ring (bicyclic) bond motifs is 1. The number of ether oxygens (including phenoxy) is 3. The van der Waals surface area contributed by atoms with Gasteiger partial charge in [0.05, 0.1) is 29.5 Å². The molecule has 0 aliphatic heterocycles. The van der Waals surface area contributed by atoms with Crippen LogP contribution in [0.5, 0.6) is 11.5 Å². The third-order valence-electron chi connectivity index (χ3n) is 5.15. The third-order valence-corrected chi connectivity index (χ3v) is 6.22. The number of hydrogen-bond acceptors (Lipinski definition) is 7. The molecule has 0 aliphatic rings. The third kappa shape index (κ3) is 5.96. The van der Waals surface area contributed by atoms with Gasteiger partial charge in [-0.25, -0.2) is 9.78 Å². The van der Waals surface area contributed by atoms with Crippen molar-refractivity contribution in [2.24, 2.45) is 0 Å². The highest BCUT2D eigenvalue weighted by Gasteiger charge is 2.14. The van der Waals surface area contributed by atoms with Crippen molar-refractivity contribution >= 4 is 39.1 Å². The molecule has 0 spiro atoms. The normalized spacial score (nSPS) is 10.7. The van der Waals surface area contributed by atoms with Crippen LogP contribution in [0.25, 0.3) is 20.8 Å². The van der Waals surface area contributed by atoms with E-state index < -0.39 is 18.5 Å². The van der Waals surface area contributed by atoms with E-state index >= 15 is 0 Å². The molecule has 0 unspecified atom stereocenters. The van der Waals surface area contributed by atoms with E-state index in [4.69, 9.17) is 14.2 Å². The van der Waals surface area contributed by atoms with Crippen molar-refractivity contribution in [1.82, 2.24) is 4.98 Å². The van der Waals surface area contributed by atoms with E-state index in [2.05, 4.69) is 23.3 Å². The first-order chi connectivity index (χ1) is 17.0. The van der Waals surface area contributed by atoms with Crippen LogP contribution < -0.4 is 14.8 Å².